The lowest BCUT2D eigenvalue weighted by Gasteiger charge is -2.22. The van der Waals surface area contributed by atoms with Gasteiger partial charge in [-0.15, -0.1) is 0 Å². The number of nitrogens with zero attached hydrogens (tertiary/aromatic N) is 1. The molecule has 0 aliphatic carbocycles. The molecule has 0 saturated carbocycles. The number of rotatable bonds is 3. The van der Waals surface area contributed by atoms with Gasteiger partial charge in [0.25, 0.3) is 0 Å². The van der Waals surface area contributed by atoms with E-state index in [9.17, 15) is 16.8 Å². The molecule has 1 aliphatic rings. The molecular weight excluding hydrogens is 300 g/mol. The van der Waals surface area contributed by atoms with Crippen LogP contribution >= 0.6 is 0 Å². The number of benzene rings is 1. The molecule has 0 aromatic heterocycles. The highest BCUT2D eigenvalue weighted by atomic mass is 32.2. The predicted octanol–water partition coefficient (Wildman–Crippen LogP) is 0.414. The van der Waals surface area contributed by atoms with Crippen LogP contribution in [0.2, 0.25) is 0 Å². The maximum atomic E-state index is 12.2. The first-order valence-electron chi connectivity index (χ1n) is 6.05. The van der Waals surface area contributed by atoms with Crippen molar-refractivity contribution in [2.75, 3.05) is 11.5 Å². The second kappa shape index (κ2) is 5.52. The fraction of sp³-hybridized carbons (Fsp3) is 0.417. The van der Waals surface area contributed by atoms with E-state index in [1.54, 1.807) is 0 Å². The normalized spacial score (nSPS) is 22.1. The molecule has 1 saturated heterocycles. The Morgan fingerprint density at radius 1 is 1.35 bits per heavy atom. The van der Waals surface area contributed by atoms with Crippen LogP contribution in [-0.4, -0.2) is 34.4 Å². The molecule has 0 amide bonds. The number of hydrogen-bond donors (Lipinski definition) is 1. The minimum absolute atomic E-state index is 0.0282. The third kappa shape index (κ3) is 3.56. The third-order valence-corrected chi connectivity index (χ3v) is 6.40. The van der Waals surface area contributed by atoms with Crippen molar-refractivity contribution in [2.45, 2.75) is 23.8 Å². The standard InChI is InChI=1S/C12H14N2O4S2/c13-8-10-3-1-5-12(7-10)20(17,18)14-11-4-2-6-19(15,16)9-11/h1,3,5,7,11,14H,2,4,6,9H2. The van der Waals surface area contributed by atoms with Gasteiger partial charge in [0.2, 0.25) is 10.0 Å². The fourth-order valence-electron chi connectivity index (χ4n) is 2.14. The first kappa shape index (κ1) is 15.0. The molecule has 1 aliphatic heterocycles. The van der Waals surface area contributed by atoms with Crippen molar-refractivity contribution in [1.82, 2.24) is 4.72 Å². The van der Waals surface area contributed by atoms with Gasteiger partial charge in [-0.3, -0.25) is 0 Å². The Labute approximate surface area is 118 Å². The smallest absolute Gasteiger partial charge is 0.229 e. The number of nitriles is 1. The molecule has 20 heavy (non-hydrogen) atoms. The van der Waals surface area contributed by atoms with E-state index in [1.165, 1.54) is 24.3 Å². The van der Waals surface area contributed by atoms with Gasteiger partial charge in [0.15, 0.2) is 9.84 Å². The summed E-state index contributed by atoms with van der Waals surface area (Å²) in [5.74, 6) is -0.0701. The van der Waals surface area contributed by atoms with E-state index in [2.05, 4.69) is 4.72 Å². The lowest BCUT2D eigenvalue weighted by Crippen LogP contribution is -2.43. The minimum atomic E-state index is -3.81. The number of hydrogen-bond acceptors (Lipinski definition) is 5. The second-order valence-electron chi connectivity index (χ2n) is 4.71. The van der Waals surface area contributed by atoms with Gasteiger partial charge in [0.05, 0.1) is 28.0 Å². The SMILES string of the molecule is N#Cc1cccc(S(=O)(=O)NC2CCCS(=O)(=O)C2)c1. The van der Waals surface area contributed by atoms with Crippen molar-refractivity contribution in [1.29, 1.82) is 5.26 Å². The molecule has 1 heterocycles. The van der Waals surface area contributed by atoms with Gasteiger partial charge in [0, 0.05) is 6.04 Å². The number of sulfone groups is 1. The lowest BCUT2D eigenvalue weighted by atomic mass is 10.2. The van der Waals surface area contributed by atoms with E-state index in [0.717, 1.165) is 0 Å². The van der Waals surface area contributed by atoms with Crippen molar-refractivity contribution in [3.05, 3.63) is 29.8 Å². The highest BCUT2D eigenvalue weighted by Gasteiger charge is 2.28. The maximum Gasteiger partial charge on any atom is 0.240 e. The molecule has 1 aromatic carbocycles. The Bertz CT molecular complexity index is 748. The van der Waals surface area contributed by atoms with Gasteiger partial charge in [-0.05, 0) is 31.0 Å². The zero-order valence-corrected chi connectivity index (χ0v) is 12.2. The molecule has 0 bridgehead atoms. The van der Waals surface area contributed by atoms with Crippen LogP contribution in [0.3, 0.4) is 0 Å². The quantitative estimate of drug-likeness (QED) is 0.870. The van der Waals surface area contributed by atoms with Crippen molar-refractivity contribution >= 4 is 19.9 Å². The number of nitrogens with one attached hydrogen (secondary N) is 1. The van der Waals surface area contributed by atoms with E-state index >= 15 is 0 Å². The summed E-state index contributed by atoms with van der Waals surface area (Å²) < 4.78 is 49.7. The van der Waals surface area contributed by atoms with Crippen molar-refractivity contribution in [3.8, 4) is 6.07 Å². The van der Waals surface area contributed by atoms with E-state index < -0.39 is 25.9 Å². The highest BCUT2D eigenvalue weighted by molar-refractivity contribution is 7.91. The summed E-state index contributed by atoms with van der Waals surface area (Å²) in [7, 11) is -6.99. The molecular formula is C12H14N2O4S2. The summed E-state index contributed by atoms with van der Waals surface area (Å²) in [4.78, 5) is -0.0282. The molecule has 0 spiro atoms. The van der Waals surface area contributed by atoms with Crippen LogP contribution in [0.25, 0.3) is 0 Å². The van der Waals surface area contributed by atoms with Crippen molar-refractivity contribution in [3.63, 3.8) is 0 Å². The van der Waals surface area contributed by atoms with Crippen LogP contribution in [0.5, 0.6) is 0 Å². The molecule has 1 fully saturated rings. The first-order chi connectivity index (χ1) is 9.32. The Morgan fingerprint density at radius 2 is 2.10 bits per heavy atom. The average Bonchev–Trinajstić information content (AvgIpc) is 2.37. The van der Waals surface area contributed by atoms with E-state index in [-0.39, 0.29) is 22.0 Å². The summed E-state index contributed by atoms with van der Waals surface area (Å²) >= 11 is 0. The van der Waals surface area contributed by atoms with Crippen LogP contribution in [0.1, 0.15) is 18.4 Å². The molecule has 8 heteroatoms. The summed E-state index contributed by atoms with van der Waals surface area (Å²) in [5, 5.41) is 8.77. The van der Waals surface area contributed by atoms with Gasteiger partial charge in [0.1, 0.15) is 0 Å². The largest absolute Gasteiger partial charge is 0.240 e. The molecule has 1 N–H and O–H groups in total. The zero-order valence-electron chi connectivity index (χ0n) is 10.6. The molecule has 108 valence electrons. The van der Waals surface area contributed by atoms with Crippen molar-refractivity contribution < 1.29 is 16.8 Å². The van der Waals surface area contributed by atoms with Gasteiger partial charge in [-0.1, -0.05) is 6.07 Å². The summed E-state index contributed by atoms with van der Waals surface area (Å²) in [5.41, 5.74) is 0.240. The summed E-state index contributed by atoms with van der Waals surface area (Å²) in [6, 6.07) is 6.88. The van der Waals surface area contributed by atoms with Gasteiger partial charge in [-0.2, -0.15) is 5.26 Å². The Balaban J connectivity index is 2.21. The van der Waals surface area contributed by atoms with Gasteiger partial charge >= 0.3 is 0 Å². The summed E-state index contributed by atoms with van der Waals surface area (Å²) in [6.45, 7) is 0. The minimum Gasteiger partial charge on any atom is -0.229 e. The summed E-state index contributed by atoms with van der Waals surface area (Å²) in [6.07, 6.45) is 0.949. The van der Waals surface area contributed by atoms with Crippen molar-refractivity contribution in [2.24, 2.45) is 0 Å². The van der Waals surface area contributed by atoms with Crippen LogP contribution in [0.15, 0.2) is 29.2 Å². The Morgan fingerprint density at radius 3 is 2.75 bits per heavy atom. The molecule has 6 nitrogen and oxygen atoms in total. The molecule has 1 atom stereocenters. The third-order valence-electron chi connectivity index (χ3n) is 3.06. The van der Waals surface area contributed by atoms with E-state index in [0.29, 0.717) is 12.8 Å². The van der Waals surface area contributed by atoms with Gasteiger partial charge < -0.3 is 0 Å². The lowest BCUT2D eigenvalue weighted by molar-refractivity contribution is 0.517. The number of sulfonamides is 1. The topological polar surface area (TPSA) is 104 Å². The van der Waals surface area contributed by atoms with Crippen LogP contribution < -0.4 is 4.72 Å². The van der Waals surface area contributed by atoms with Gasteiger partial charge in [-0.25, -0.2) is 21.6 Å². The second-order valence-corrected chi connectivity index (χ2v) is 8.66. The first-order valence-corrected chi connectivity index (χ1v) is 9.36. The maximum absolute atomic E-state index is 12.2. The zero-order chi connectivity index (χ0) is 14.8. The Kier molecular flexibility index (Phi) is 4.13. The molecule has 0 radical (unpaired) electrons. The van der Waals surface area contributed by atoms with Crippen LogP contribution in [0.4, 0.5) is 0 Å². The van der Waals surface area contributed by atoms with E-state index in [1.807, 2.05) is 6.07 Å². The fourth-order valence-corrected chi connectivity index (χ4v) is 5.19. The van der Waals surface area contributed by atoms with Crippen LogP contribution in [-0.2, 0) is 19.9 Å². The average molecular weight is 314 g/mol. The molecule has 1 unspecified atom stereocenters. The molecule has 2 rings (SSSR count). The molecule has 1 aromatic rings. The highest BCUT2D eigenvalue weighted by Crippen LogP contribution is 2.16. The Hall–Kier alpha value is -1.43. The predicted molar refractivity (Wildman–Crippen MR) is 73.2 cm³/mol. The van der Waals surface area contributed by atoms with E-state index in [4.69, 9.17) is 5.26 Å². The monoisotopic (exact) mass is 314 g/mol. The van der Waals surface area contributed by atoms with Crippen LogP contribution in [0, 0.1) is 11.3 Å².